The second-order valence-electron chi connectivity index (χ2n) is 10.7. The first-order valence-electron chi connectivity index (χ1n) is 13.0. The normalized spacial score (nSPS) is 25.1. The number of hydrogen-bond acceptors (Lipinski definition) is 5. The minimum atomic E-state index is -3.86. The Labute approximate surface area is 217 Å². The summed E-state index contributed by atoms with van der Waals surface area (Å²) in [6, 6.07) is 22.2. The van der Waals surface area contributed by atoms with E-state index in [4.69, 9.17) is 0 Å². The zero-order valence-electron chi connectivity index (χ0n) is 20.7. The Kier molecular flexibility index (Phi) is 6.04. The first kappa shape index (κ1) is 24.1. The first-order valence-corrected chi connectivity index (χ1v) is 14.5. The van der Waals surface area contributed by atoms with Gasteiger partial charge in [-0.1, -0.05) is 49.2 Å². The molecule has 6 rings (SSSR count). The summed E-state index contributed by atoms with van der Waals surface area (Å²) < 4.78 is 28.9. The monoisotopic (exact) mass is 517 g/mol. The van der Waals surface area contributed by atoms with Gasteiger partial charge in [0, 0.05) is 35.8 Å². The van der Waals surface area contributed by atoms with Crippen LogP contribution in [-0.4, -0.2) is 30.8 Å². The maximum absolute atomic E-state index is 13.1. The van der Waals surface area contributed by atoms with Gasteiger partial charge in [-0.15, -0.1) is 0 Å². The molecule has 3 unspecified atom stereocenters. The molecule has 37 heavy (non-hydrogen) atoms. The zero-order chi connectivity index (χ0) is 25.6. The number of fused-ring (bicyclic) bond motifs is 1. The molecule has 0 amide bonds. The molecule has 3 atom stereocenters. The summed E-state index contributed by atoms with van der Waals surface area (Å²) in [5, 5.41) is 10.9. The molecule has 0 aromatic heterocycles. The molecular weight excluding hydrogens is 486 g/mol. The molecule has 1 N–H and O–H groups in total. The molecule has 0 radical (unpaired) electrons. The standard InChI is InChI=1S/C29H31N3O4S/c33-32(34)24-11-13-25(14-12-24)37(35,36)30-23-10-9-22-18-28-26-8-4-5-15-29(26,27(22)19-23)16-17-31(28)20-21-6-2-1-3-7-21/h1-3,6-7,9-14,19,26,28,30H,4-5,8,15-18,20H2. The van der Waals surface area contributed by atoms with Crippen LogP contribution in [0.15, 0.2) is 77.7 Å². The highest BCUT2D eigenvalue weighted by Crippen LogP contribution is 2.56. The fourth-order valence-corrected chi connectivity index (χ4v) is 8.17. The number of nitrogens with one attached hydrogen (secondary N) is 1. The van der Waals surface area contributed by atoms with Gasteiger partial charge >= 0.3 is 0 Å². The molecule has 7 nitrogen and oxygen atoms in total. The second kappa shape index (κ2) is 9.26. The summed E-state index contributed by atoms with van der Waals surface area (Å²) in [4.78, 5) is 13.1. The third-order valence-corrected chi connectivity index (χ3v) is 10.2. The lowest BCUT2D eigenvalue weighted by Crippen LogP contribution is -2.60. The van der Waals surface area contributed by atoms with Gasteiger partial charge in [-0.05, 0) is 79.1 Å². The number of likely N-dealkylation sites (tertiary alicyclic amines) is 1. The molecule has 3 aliphatic rings. The molecule has 2 fully saturated rings. The number of sulfonamides is 1. The van der Waals surface area contributed by atoms with Crippen LogP contribution in [0, 0.1) is 16.0 Å². The summed E-state index contributed by atoms with van der Waals surface area (Å²) >= 11 is 0. The van der Waals surface area contributed by atoms with E-state index in [1.54, 1.807) is 0 Å². The van der Waals surface area contributed by atoms with E-state index in [0.29, 0.717) is 17.6 Å². The van der Waals surface area contributed by atoms with E-state index in [0.717, 1.165) is 32.4 Å². The zero-order valence-corrected chi connectivity index (χ0v) is 21.5. The van der Waals surface area contributed by atoms with Gasteiger partial charge in [-0.25, -0.2) is 8.42 Å². The Morgan fingerprint density at radius 1 is 1.00 bits per heavy atom. The number of hydrogen-bond donors (Lipinski definition) is 1. The molecule has 3 aromatic rings. The van der Waals surface area contributed by atoms with Crippen LogP contribution in [0.3, 0.4) is 0 Å². The van der Waals surface area contributed by atoms with Crippen LogP contribution >= 0.6 is 0 Å². The molecule has 0 spiro atoms. The van der Waals surface area contributed by atoms with E-state index >= 15 is 0 Å². The fourth-order valence-electron chi connectivity index (χ4n) is 7.12. The summed E-state index contributed by atoms with van der Waals surface area (Å²) in [5.41, 5.74) is 4.52. The largest absolute Gasteiger partial charge is 0.295 e. The van der Waals surface area contributed by atoms with Crippen molar-refractivity contribution in [3.8, 4) is 0 Å². The second-order valence-corrected chi connectivity index (χ2v) is 12.4. The Hall–Kier alpha value is -3.23. The summed E-state index contributed by atoms with van der Waals surface area (Å²) in [6.07, 6.45) is 6.91. The van der Waals surface area contributed by atoms with Crippen LogP contribution in [-0.2, 0) is 28.4 Å². The van der Waals surface area contributed by atoms with Gasteiger partial charge in [0.2, 0.25) is 0 Å². The molecule has 3 aromatic carbocycles. The van der Waals surface area contributed by atoms with Crippen LogP contribution in [0.5, 0.6) is 0 Å². The number of non-ortho nitro benzene ring substituents is 1. The quantitative estimate of drug-likeness (QED) is 0.337. The van der Waals surface area contributed by atoms with Crippen molar-refractivity contribution in [1.29, 1.82) is 0 Å². The highest BCUT2D eigenvalue weighted by molar-refractivity contribution is 7.92. The first-order chi connectivity index (χ1) is 17.9. The predicted molar refractivity (Wildman–Crippen MR) is 143 cm³/mol. The summed E-state index contributed by atoms with van der Waals surface area (Å²) in [5.74, 6) is 0.577. The maximum Gasteiger partial charge on any atom is 0.269 e. The average molecular weight is 518 g/mol. The minimum Gasteiger partial charge on any atom is -0.295 e. The van der Waals surface area contributed by atoms with E-state index in [2.05, 4.69) is 52.1 Å². The number of anilines is 1. The number of nitrogens with zero attached hydrogens (tertiary/aromatic N) is 2. The lowest BCUT2D eigenvalue weighted by atomic mass is 9.52. The van der Waals surface area contributed by atoms with Crippen molar-refractivity contribution in [2.75, 3.05) is 11.3 Å². The van der Waals surface area contributed by atoms with Crippen molar-refractivity contribution >= 4 is 21.4 Å². The molecule has 2 aliphatic carbocycles. The van der Waals surface area contributed by atoms with Gasteiger partial charge in [0.1, 0.15) is 0 Å². The number of nitro groups is 1. The molecular formula is C29H31N3O4S. The van der Waals surface area contributed by atoms with Crippen LogP contribution in [0.1, 0.15) is 48.8 Å². The highest BCUT2D eigenvalue weighted by Gasteiger charge is 2.53. The van der Waals surface area contributed by atoms with Crippen molar-refractivity contribution in [2.24, 2.45) is 5.92 Å². The topological polar surface area (TPSA) is 92.5 Å². The van der Waals surface area contributed by atoms with Crippen molar-refractivity contribution < 1.29 is 13.3 Å². The highest BCUT2D eigenvalue weighted by atomic mass is 32.2. The lowest BCUT2D eigenvalue weighted by molar-refractivity contribution is -0.384. The fraction of sp³-hybridized carbons (Fsp3) is 0.379. The van der Waals surface area contributed by atoms with Crippen molar-refractivity contribution in [3.05, 3.63) is 99.6 Å². The Morgan fingerprint density at radius 3 is 2.54 bits per heavy atom. The van der Waals surface area contributed by atoms with E-state index in [1.165, 1.54) is 60.2 Å². The van der Waals surface area contributed by atoms with E-state index in [9.17, 15) is 18.5 Å². The average Bonchev–Trinajstić information content (AvgIpc) is 2.91. The molecule has 1 aliphatic heterocycles. The third-order valence-electron chi connectivity index (χ3n) is 8.79. The molecule has 2 bridgehead atoms. The van der Waals surface area contributed by atoms with Crippen molar-refractivity contribution in [3.63, 3.8) is 0 Å². The van der Waals surface area contributed by atoms with E-state index < -0.39 is 14.9 Å². The van der Waals surface area contributed by atoms with Crippen molar-refractivity contribution in [2.45, 2.75) is 61.4 Å². The molecule has 8 heteroatoms. The van der Waals surface area contributed by atoms with Crippen LogP contribution < -0.4 is 4.72 Å². The van der Waals surface area contributed by atoms with E-state index in [-0.39, 0.29) is 16.0 Å². The molecule has 1 heterocycles. The van der Waals surface area contributed by atoms with E-state index in [1.807, 2.05) is 6.07 Å². The van der Waals surface area contributed by atoms with Crippen LogP contribution in [0.2, 0.25) is 0 Å². The van der Waals surface area contributed by atoms with Crippen LogP contribution in [0.25, 0.3) is 0 Å². The third kappa shape index (κ3) is 4.32. The maximum atomic E-state index is 13.1. The SMILES string of the molecule is O=[N+]([O-])c1ccc(S(=O)(=O)Nc2ccc3c(c2)C24CCCCC2C(C3)N(Cc2ccccc2)CC4)cc1. The Morgan fingerprint density at radius 2 is 1.78 bits per heavy atom. The van der Waals surface area contributed by atoms with Gasteiger partial charge in [-0.2, -0.15) is 0 Å². The lowest BCUT2D eigenvalue weighted by Gasteiger charge is -2.59. The van der Waals surface area contributed by atoms with Crippen molar-refractivity contribution in [1.82, 2.24) is 4.90 Å². The summed E-state index contributed by atoms with van der Waals surface area (Å²) in [6.45, 7) is 2.02. The Bertz CT molecular complexity index is 1430. The number of benzene rings is 3. The summed E-state index contributed by atoms with van der Waals surface area (Å²) in [7, 11) is -3.86. The number of piperidine rings is 1. The predicted octanol–water partition coefficient (Wildman–Crippen LogP) is 5.65. The smallest absolute Gasteiger partial charge is 0.269 e. The minimum absolute atomic E-state index is 0.0128. The van der Waals surface area contributed by atoms with Crippen LogP contribution in [0.4, 0.5) is 11.4 Å². The van der Waals surface area contributed by atoms with Gasteiger partial charge in [0.05, 0.1) is 9.82 Å². The van der Waals surface area contributed by atoms with Gasteiger partial charge in [-0.3, -0.25) is 19.7 Å². The number of rotatable bonds is 6. The van der Waals surface area contributed by atoms with Gasteiger partial charge < -0.3 is 0 Å². The number of nitro benzene ring substituents is 1. The molecule has 1 saturated carbocycles. The molecule has 192 valence electrons. The molecule has 1 saturated heterocycles. The Balaban J connectivity index is 1.30. The van der Waals surface area contributed by atoms with Gasteiger partial charge in [0.25, 0.3) is 15.7 Å². The van der Waals surface area contributed by atoms with Gasteiger partial charge in [0.15, 0.2) is 0 Å².